The summed E-state index contributed by atoms with van der Waals surface area (Å²) in [4.78, 5) is 23.9. The highest BCUT2D eigenvalue weighted by molar-refractivity contribution is 7.99. The van der Waals surface area contributed by atoms with E-state index in [-0.39, 0.29) is 11.7 Å². The molecule has 0 saturated carbocycles. The molecule has 0 aliphatic rings. The van der Waals surface area contributed by atoms with Gasteiger partial charge in [-0.2, -0.15) is 0 Å². The fourth-order valence-corrected chi connectivity index (χ4v) is 3.60. The van der Waals surface area contributed by atoms with Gasteiger partial charge in [0.25, 0.3) is 0 Å². The summed E-state index contributed by atoms with van der Waals surface area (Å²) < 4.78 is 12.0. The van der Waals surface area contributed by atoms with Crippen LogP contribution in [0.25, 0.3) is 11.4 Å². The predicted octanol–water partition coefficient (Wildman–Crippen LogP) is 3.66. The van der Waals surface area contributed by atoms with Crippen LogP contribution in [0.4, 0.5) is 5.69 Å². The Labute approximate surface area is 184 Å². The first-order chi connectivity index (χ1) is 15.1. The van der Waals surface area contributed by atoms with Gasteiger partial charge in [-0.05, 0) is 36.4 Å². The lowest BCUT2D eigenvalue weighted by Crippen LogP contribution is -2.15. The molecule has 2 aromatic carbocycles. The molecule has 160 valence electrons. The monoisotopic (exact) mass is 438 g/mol. The maximum absolute atomic E-state index is 12.4. The van der Waals surface area contributed by atoms with E-state index in [1.807, 2.05) is 28.8 Å². The number of allylic oxidation sites excluding steroid dienone is 1. The highest BCUT2D eigenvalue weighted by Crippen LogP contribution is 2.30. The SMILES string of the molecule is C=CCn1c(SCC(=O)Nc2ccc(C(=O)OC)cc2)nnc1-c1ccccc1OC. The van der Waals surface area contributed by atoms with Gasteiger partial charge in [0, 0.05) is 12.2 Å². The van der Waals surface area contributed by atoms with Crippen molar-refractivity contribution in [2.75, 3.05) is 25.3 Å². The second-order valence-corrected chi connectivity index (χ2v) is 7.25. The van der Waals surface area contributed by atoms with E-state index < -0.39 is 5.97 Å². The van der Waals surface area contributed by atoms with Crippen molar-refractivity contribution in [1.82, 2.24) is 14.8 Å². The summed E-state index contributed by atoms with van der Waals surface area (Å²) in [7, 11) is 2.92. The van der Waals surface area contributed by atoms with E-state index >= 15 is 0 Å². The van der Waals surface area contributed by atoms with Crippen LogP contribution in [0.3, 0.4) is 0 Å². The third-order valence-corrected chi connectivity index (χ3v) is 5.27. The highest BCUT2D eigenvalue weighted by Gasteiger charge is 2.17. The van der Waals surface area contributed by atoms with E-state index in [1.165, 1.54) is 18.9 Å². The minimum atomic E-state index is -0.430. The summed E-state index contributed by atoms with van der Waals surface area (Å²) in [6.45, 7) is 4.29. The number of anilines is 1. The van der Waals surface area contributed by atoms with Crippen molar-refractivity contribution < 1.29 is 19.1 Å². The smallest absolute Gasteiger partial charge is 0.337 e. The van der Waals surface area contributed by atoms with Crippen LogP contribution in [0.2, 0.25) is 0 Å². The van der Waals surface area contributed by atoms with Gasteiger partial charge in [-0.15, -0.1) is 16.8 Å². The minimum Gasteiger partial charge on any atom is -0.496 e. The van der Waals surface area contributed by atoms with Crippen molar-refractivity contribution in [2.24, 2.45) is 0 Å². The maximum atomic E-state index is 12.4. The summed E-state index contributed by atoms with van der Waals surface area (Å²) in [6.07, 6.45) is 1.75. The molecule has 0 unspecified atom stereocenters. The number of benzene rings is 2. The van der Waals surface area contributed by atoms with Gasteiger partial charge in [0.05, 0.1) is 31.1 Å². The van der Waals surface area contributed by atoms with Gasteiger partial charge in [0.15, 0.2) is 11.0 Å². The fourth-order valence-electron chi connectivity index (χ4n) is 2.85. The summed E-state index contributed by atoms with van der Waals surface area (Å²) in [5.74, 6) is 0.826. The number of aromatic nitrogens is 3. The summed E-state index contributed by atoms with van der Waals surface area (Å²) in [6, 6.07) is 14.0. The Morgan fingerprint density at radius 1 is 1.13 bits per heavy atom. The fraction of sp³-hybridized carbons (Fsp3) is 0.182. The first-order valence-corrected chi connectivity index (χ1v) is 10.3. The van der Waals surface area contributed by atoms with Crippen LogP contribution in [-0.4, -0.2) is 46.6 Å². The number of rotatable bonds is 9. The van der Waals surface area contributed by atoms with Crippen molar-refractivity contribution in [1.29, 1.82) is 0 Å². The second-order valence-electron chi connectivity index (χ2n) is 6.31. The quantitative estimate of drug-likeness (QED) is 0.309. The largest absolute Gasteiger partial charge is 0.496 e. The van der Waals surface area contributed by atoms with Gasteiger partial charge in [-0.25, -0.2) is 4.79 Å². The van der Waals surface area contributed by atoms with E-state index in [1.54, 1.807) is 37.5 Å². The molecular formula is C22H22N4O4S. The average molecular weight is 439 g/mol. The number of nitrogens with one attached hydrogen (secondary N) is 1. The molecule has 0 saturated heterocycles. The Hall–Kier alpha value is -3.59. The molecular weight excluding hydrogens is 416 g/mol. The molecule has 1 aromatic heterocycles. The number of thioether (sulfide) groups is 1. The third-order valence-electron chi connectivity index (χ3n) is 4.30. The van der Waals surface area contributed by atoms with Gasteiger partial charge in [0.1, 0.15) is 5.75 Å². The van der Waals surface area contributed by atoms with Crippen LogP contribution in [-0.2, 0) is 16.1 Å². The van der Waals surface area contributed by atoms with E-state index in [0.29, 0.717) is 34.5 Å². The van der Waals surface area contributed by atoms with E-state index in [4.69, 9.17) is 4.74 Å². The average Bonchev–Trinajstić information content (AvgIpc) is 3.20. The normalized spacial score (nSPS) is 10.4. The number of nitrogens with zero attached hydrogens (tertiary/aromatic N) is 3. The molecule has 8 nitrogen and oxygen atoms in total. The molecule has 1 heterocycles. The van der Waals surface area contributed by atoms with Crippen molar-refractivity contribution in [3.05, 3.63) is 66.7 Å². The first-order valence-electron chi connectivity index (χ1n) is 9.36. The lowest BCUT2D eigenvalue weighted by atomic mass is 10.2. The molecule has 0 fully saturated rings. The van der Waals surface area contributed by atoms with Crippen LogP contribution in [0.15, 0.2) is 66.3 Å². The van der Waals surface area contributed by atoms with Crippen LogP contribution in [0.5, 0.6) is 5.75 Å². The van der Waals surface area contributed by atoms with Gasteiger partial charge < -0.3 is 14.8 Å². The minimum absolute atomic E-state index is 0.139. The molecule has 0 aliphatic carbocycles. The Bertz CT molecular complexity index is 1080. The second kappa shape index (κ2) is 10.4. The summed E-state index contributed by atoms with van der Waals surface area (Å²) in [5, 5.41) is 11.9. The number of amides is 1. The Kier molecular flexibility index (Phi) is 7.45. The molecule has 0 spiro atoms. The predicted molar refractivity (Wildman–Crippen MR) is 119 cm³/mol. The molecule has 3 aromatic rings. The summed E-state index contributed by atoms with van der Waals surface area (Å²) >= 11 is 1.27. The number of esters is 1. The molecule has 0 bridgehead atoms. The van der Waals surface area contributed by atoms with Crippen LogP contribution in [0.1, 0.15) is 10.4 Å². The molecule has 1 N–H and O–H groups in total. The number of para-hydroxylation sites is 1. The summed E-state index contributed by atoms with van der Waals surface area (Å²) in [5.41, 5.74) is 1.80. The van der Waals surface area contributed by atoms with E-state index in [2.05, 4.69) is 26.8 Å². The first kappa shape index (κ1) is 22.1. The van der Waals surface area contributed by atoms with Gasteiger partial charge in [-0.1, -0.05) is 30.0 Å². The van der Waals surface area contributed by atoms with Crippen LogP contribution < -0.4 is 10.1 Å². The van der Waals surface area contributed by atoms with Gasteiger partial charge in [-0.3, -0.25) is 9.36 Å². The molecule has 31 heavy (non-hydrogen) atoms. The zero-order valence-electron chi connectivity index (χ0n) is 17.2. The maximum Gasteiger partial charge on any atom is 0.337 e. The highest BCUT2D eigenvalue weighted by atomic mass is 32.2. The van der Waals surface area contributed by atoms with Gasteiger partial charge >= 0.3 is 5.97 Å². The third kappa shape index (κ3) is 5.32. The molecule has 0 atom stereocenters. The number of hydrogen-bond acceptors (Lipinski definition) is 7. The topological polar surface area (TPSA) is 95.3 Å². The van der Waals surface area contributed by atoms with Crippen molar-refractivity contribution in [3.8, 4) is 17.1 Å². The zero-order valence-corrected chi connectivity index (χ0v) is 18.0. The molecule has 0 aliphatic heterocycles. The Morgan fingerprint density at radius 3 is 2.55 bits per heavy atom. The lowest BCUT2D eigenvalue weighted by molar-refractivity contribution is -0.113. The van der Waals surface area contributed by atoms with Crippen LogP contribution >= 0.6 is 11.8 Å². The van der Waals surface area contributed by atoms with Crippen molar-refractivity contribution in [3.63, 3.8) is 0 Å². The standard InChI is InChI=1S/C22H22N4O4S/c1-4-13-26-20(17-7-5-6-8-18(17)29-2)24-25-22(26)31-14-19(27)23-16-11-9-15(10-12-16)21(28)30-3/h4-12H,1,13-14H2,2-3H3,(H,23,27). The van der Waals surface area contributed by atoms with E-state index in [0.717, 1.165) is 5.56 Å². The lowest BCUT2D eigenvalue weighted by Gasteiger charge is -2.10. The zero-order chi connectivity index (χ0) is 22.2. The number of hydrogen-bond donors (Lipinski definition) is 1. The van der Waals surface area contributed by atoms with Crippen molar-refractivity contribution >= 4 is 29.3 Å². The number of ether oxygens (including phenoxy) is 2. The number of carbonyl (C=O) groups excluding carboxylic acids is 2. The van der Waals surface area contributed by atoms with Crippen molar-refractivity contribution in [2.45, 2.75) is 11.7 Å². The molecule has 0 radical (unpaired) electrons. The van der Waals surface area contributed by atoms with Gasteiger partial charge in [0.2, 0.25) is 5.91 Å². The van der Waals surface area contributed by atoms with Crippen LogP contribution in [0, 0.1) is 0 Å². The molecule has 3 rings (SSSR count). The molecule has 1 amide bonds. The molecule has 9 heteroatoms. The Morgan fingerprint density at radius 2 is 1.87 bits per heavy atom. The van der Waals surface area contributed by atoms with E-state index in [9.17, 15) is 9.59 Å². The Balaban J connectivity index is 1.70. The number of methoxy groups -OCH3 is 2. The number of carbonyl (C=O) groups is 2.